The topological polar surface area (TPSA) is 86.7 Å². The van der Waals surface area contributed by atoms with Crippen molar-refractivity contribution in [2.24, 2.45) is 17.3 Å². The molecule has 0 radical (unpaired) electrons. The summed E-state index contributed by atoms with van der Waals surface area (Å²) in [5, 5.41) is 14.3. The van der Waals surface area contributed by atoms with Gasteiger partial charge in [0.15, 0.2) is 5.06 Å². The van der Waals surface area contributed by atoms with Gasteiger partial charge in [-0.3, -0.25) is 9.59 Å². The number of rotatable bonds is 4. The number of aromatic hydroxyl groups is 1. The lowest BCUT2D eigenvalue weighted by molar-refractivity contribution is -0.124. The molecule has 3 fully saturated rings. The predicted octanol–water partition coefficient (Wildman–Crippen LogP) is 5.83. The minimum Gasteiger partial charge on any atom is -0.498 e. The number of thiophene rings is 1. The Labute approximate surface area is 213 Å². The monoisotopic (exact) mass is 500 g/mol. The summed E-state index contributed by atoms with van der Waals surface area (Å²) in [5.74, 6) is 1.13. The van der Waals surface area contributed by atoms with Crippen LogP contribution in [0.2, 0.25) is 0 Å². The molecule has 1 aromatic heterocycles. The molecule has 2 N–H and O–H groups in total. The van der Waals surface area contributed by atoms with Gasteiger partial charge in [0.25, 0.3) is 0 Å². The molecule has 0 bridgehead atoms. The van der Waals surface area contributed by atoms with Gasteiger partial charge >= 0.3 is 0 Å². The van der Waals surface area contributed by atoms with Crippen molar-refractivity contribution in [1.29, 1.82) is 0 Å². The summed E-state index contributed by atoms with van der Waals surface area (Å²) >= 11 is 1.44. The largest absolute Gasteiger partial charge is 0.498 e. The molecule has 2 amide bonds. The van der Waals surface area contributed by atoms with E-state index in [1.807, 2.05) is 11.7 Å². The highest BCUT2D eigenvalue weighted by Gasteiger charge is 2.44. The van der Waals surface area contributed by atoms with Crippen molar-refractivity contribution in [1.82, 2.24) is 5.32 Å². The van der Waals surface area contributed by atoms with Crippen LogP contribution in [-0.2, 0) is 14.4 Å². The van der Waals surface area contributed by atoms with E-state index in [-0.39, 0.29) is 34.3 Å². The van der Waals surface area contributed by atoms with Crippen LogP contribution in [0.1, 0.15) is 95.3 Å². The molecule has 6 nitrogen and oxygen atoms in total. The van der Waals surface area contributed by atoms with Crippen molar-refractivity contribution in [2.75, 3.05) is 11.4 Å². The average molecular weight is 501 g/mol. The van der Waals surface area contributed by atoms with Crippen molar-refractivity contribution >= 4 is 41.2 Å². The first-order valence-corrected chi connectivity index (χ1v) is 14.2. The van der Waals surface area contributed by atoms with Gasteiger partial charge in [-0.25, -0.2) is 0 Å². The molecular formula is C28H40N2O4S. The number of hydrogen-bond acceptors (Lipinski definition) is 5. The van der Waals surface area contributed by atoms with Gasteiger partial charge in [-0.2, -0.15) is 0 Å². The molecule has 5 rings (SSSR count). The molecule has 1 aliphatic heterocycles. The zero-order valence-electron chi connectivity index (χ0n) is 21.0. The van der Waals surface area contributed by atoms with Gasteiger partial charge in [0, 0.05) is 29.8 Å². The Morgan fingerprint density at radius 3 is 2.46 bits per heavy atom. The highest BCUT2D eigenvalue weighted by Crippen LogP contribution is 2.48. The van der Waals surface area contributed by atoms with E-state index >= 15 is 0 Å². The smallest absolute Gasteiger partial charge is 0.230 e. The number of anilines is 1. The lowest BCUT2D eigenvalue weighted by Crippen LogP contribution is -2.47. The van der Waals surface area contributed by atoms with Crippen molar-refractivity contribution in [3.8, 4) is 5.06 Å². The van der Waals surface area contributed by atoms with Gasteiger partial charge in [0.05, 0.1) is 5.69 Å². The summed E-state index contributed by atoms with van der Waals surface area (Å²) < 4.78 is 0. The zero-order chi connectivity index (χ0) is 25.0. The fraction of sp³-hybridized carbons (Fsp3) is 0.679. The Balaban J connectivity index is 0.00000141. The molecule has 1 saturated heterocycles. The van der Waals surface area contributed by atoms with Crippen LogP contribution in [0, 0.1) is 17.3 Å². The zero-order valence-corrected chi connectivity index (χ0v) is 21.8. The number of carbonyl (C=O) groups is 3. The minimum absolute atomic E-state index is 0.0588. The molecular weight excluding hydrogens is 460 g/mol. The maximum atomic E-state index is 13.9. The molecule has 0 atom stereocenters. The summed E-state index contributed by atoms with van der Waals surface area (Å²) in [6.07, 6.45) is 15.4. The first-order valence-electron chi connectivity index (χ1n) is 13.3. The van der Waals surface area contributed by atoms with Crippen LogP contribution in [0.5, 0.6) is 5.06 Å². The predicted molar refractivity (Wildman–Crippen MR) is 140 cm³/mol. The van der Waals surface area contributed by atoms with E-state index in [2.05, 4.69) is 24.4 Å². The van der Waals surface area contributed by atoms with E-state index in [1.165, 1.54) is 29.8 Å². The first kappa shape index (κ1) is 25.9. The van der Waals surface area contributed by atoms with Crippen LogP contribution in [0.4, 0.5) is 5.69 Å². The van der Waals surface area contributed by atoms with Crippen LogP contribution in [-0.4, -0.2) is 36.3 Å². The van der Waals surface area contributed by atoms with Crippen molar-refractivity contribution in [3.63, 3.8) is 0 Å². The molecule has 192 valence electrons. The van der Waals surface area contributed by atoms with Crippen LogP contribution in [0.15, 0.2) is 12.1 Å². The highest BCUT2D eigenvalue weighted by atomic mass is 32.1. The van der Waals surface area contributed by atoms with Crippen molar-refractivity contribution < 1.29 is 19.5 Å². The molecule has 4 aliphatic rings. The third kappa shape index (κ3) is 5.65. The molecule has 0 unspecified atom stereocenters. The SMILES string of the molecule is C=O.CC1CCC(C(=O)N(c2cc(C3=CCCCC3)sc2O)C2CCC3(CC2)CNC(=O)C3)CC1. The third-order valence-electron chi connectivity index (χ3n) is 8.74. The molecule has 35 heavy (non-hydrogen) atoms. The van der Waals surface area contributed by atoms with Gasteiger partial charge in [-0.15, -0.1) is 0 Å². The Bertz CT molecular complexity index is 939. The highest BCUT2D eigenvalue weighted by molar-refractivity contribution is 7.15. The minimum atomic E-state index is 0.0588. The van der Waals surface area contributed by atoms with E-state index in [1.54, 1.807) is 0 Å². The number of hydrogen-bond donors (Lipinski definition) is 2. The molecule has 2 saturated carbocycles. The van der Waals surface area contributed by atoms with E-state index in [4.69, 9.17) is 4.79 Å². The van der Waals surface area contributed by atoms with E-state index < -0.39 is 0 Å². The van der Waals surface area contributed by atoms with Gasteiger partial charge in [0.1, 0.15) is 6.79 Å². The lowest BCUT2D eigenvalue weighted by atomic mass is 9.71. The van der Waals surface area contributed by atoms with Gasteiger partial charge in [0.2, 0.25) is 11.8 Å². The maximum Gasteiger partial charge on any atom is 0.230 e. The molecule has 1 aromatic rings. The number of nitrogens with zero attached hydrogens (tertiary/aromatic N) is 1. The van der Waals surface area contributed by atoms with Gasteiger partial charge in [-0.1, -0.05) is 24.3 Å². The number of allylic oxidation sites excluding steroid dienone is 2. The van der Waals surface area contributed by atoms with Crippen LogP contribution in [0.3, 0.4) is 0 Å². The van der Waals surface area contributed by atoms with Gasteiger partial charge in [-0.05, 0) is 100 Å². The quantitative estimate of drug-likeness (QED) is 0.544. The Hall–Kier alpha value is -2.15. The summed E-state index contributed by atoms with van der Waals surface area (Å²) in [6.45, 7) is 5.06. The maximum absolute atomic E-state index is 13.9. The second-order valence-electron chi connectivity index (χ2n) is 11.1. The third-order valence-corrected chi connectivity index (χ3v) is 9.74. The second kappa shape index (κ2) is 11.3. The number of carbonyl (C=O) groups excluding carboxylic acids is 3. The Morgan fingerprint density at radius 2 is 1.86 bits per heavy atom. The summed E-state index contributed by atoms with van der Waals surface area (Å²) in [5.41, 5.74) is 2.12. The fourth-order valence-electron chi connectivity index (χ4n) is 6.54. The van der Waals surface area contributed by atoms with E-state index in [9.17, 15) is 14.7 Å². The molecule has 2 heterocycles. The Kier molecular flexibility index (Phi) is 8.35. The van der Waals surface area contributed by atoms with E-state index in [0.717, 1.165) is 81.3 Å². The number of nitrogens with one attached hydrogen (secondary N) is 1. The Morgan fingerprint density at radius 1 is 1.14 bits per heavy atom. The van der Waals surface area contributed by atoms with Crippen LogP contribution < -0.4 is 10.2 Å². The first-order chi connectivity index (χ1) is 16.9. The molecule has 3 aliphatic carbocycles. The standard InChI is InChI=1S/C27H38N2O3S.CH2O/c1-18-7-9-20(10-8-18)25(31)29(21-11-13-27(14-12-21)16-24(30)28-17-27)22-15-23(33-26(22)32)19-5-3-2-4-6-19;1-2/h5,15,18,20-21,32H,2-4,6-14,16-17H2,1H3,(H,28,30);1H2. The summed E-state index contributed by atoms with van der Waals surface area (Å²) in [7, 11) is 0. The van der Waals surface area contributed by atoms with Gasteiger partial charge < -0.3 is 20.1 Å². The molecule has 7 heteroatoms. The van der Waals surface area contributed by atoms with E-state index in [0.29, 0.717) is 12.3 Å². The average Bonchev–Trinajstić information content (AvgIpc) is 3.45. The normalized spacial score (nSPS) is 30.7. The number of amides is 2. The van der Waals surface area contributed by atoms with Crippen molar-refractivity contribution in [2.45, 2.75) is 96.4 Å². The summed E-state index contributed by atoms with van der Waals surface area (Å²) in [6, 6.07) is 2.19. The molecule has 1 spiro atoms. The van der Waals surface area contributed by atoms with Crippen LogP contribution in [0.25, 0.3) is 5.57 Å². The lowest BCUT2D eigenvalue weighted by Gasteiger charge is -2.42. The van der Waals surface area contributed by atoms with Crippen molar-refractivity contribution in [3.05, 3.63) is 17.0 Å². The van der Waals surface area contributed by atoms with Crippen LogP contribution >= 0.6 is 11.3 Å². The second-order valence-corrected chi connectivity index (χ2v) is 12.2. The molecule has 0 aromatic carbocycles. The summed E-state index contributed by atoms with van der Waals surface area (Å²) in [4.78, 5) is 36.9. The fourth-order valence-corrected chi connectivity index (χ4v) is 7.50.